The minimum atomic E-state index is -0.594. The van der Waals surface area contributed by atoms with Crippen molar-refractivity contribution in [2.75, 3.05) is 31.7 Å². The minimum absolute atomic E-state index is 0.0348. The van der Waals surface area contributed by atoms with Gasteiger partial charge in [0.15, 0.2) is 5.96 Å². The second kappa shape index (κ2) is 10.2. The number of anilines is 1. The Morgan fingerprint density at radius 1 is 1.19 bits per heavy atom. The summed E-state index contributed by atoms with van der Waals surface area (Å²) in [7, 11) is 0. The second-order valence-corrected chi connectivity index (χ2v) is 7.49. The Balaban J connectivity index is 1.71. The van der Waals surface area contributed by atoms with Gasteiger partial charge in [-0.2, -0.15) is 0 Å². The number of nitrogens with one attached hydrogen (secondary N) is 1. The van der Waals surface area contributed by atoms with Crippen LogP contribution in [0.4, 0.5) is 10.3 Å². The molecule has 1 aromatic heterocycles. The molecule has 0 unspecified atom stereocenters. The maximum absolute atomic E-state index is 14.8. The zero-order valence-electron chi connectivity index (χ0n) is 17.6. The van der Waals surface area contributed by atoms with Crippen LogP contribution >= 0.6 is 0 Å². The molecular weight excluding hydrogens is 399 g/mol. The molecule has 3 aromatic rings. The van der Waals surface area contributed by atoms with Crippen molar-refractivity contribution >= 4 is 11.8 Å². The van der Waals surface area contributed by atoms with Gasteiger partial charge >= 0.3 is 0 Å². The molecule has 0 radical (unpaired) electrons. The summed E-state index contributed by atoms with van der Waals surface area (Å²) < 4.78 is 25.3. The van der Waals surface area contributed by atoms with Crippen LogP contribution in [0.2, 0.25) is 0 Å². The summed E-state index contributed by atoms with van der Waals surface area (Å²) in [6.07, 6.45) is 0. The minimum Gasteiger partial charge on any atom is -0.394 e. The summed E-state index contributed by atoms with van der Waals surface area (Å²) in [5.41, 5.74) is 8.02. The number of aliphatic hydroxyl groups excluding tert-OH is 1. The van der Waals surface area contributed by atoms with Gasteiger partial charge in [-0.3, -0.25) is 10.3 Å². The molecule has 7 nitrogen and oxygen atoms in total. The van der Waals surface area contributed by atoms with Gasteiger partial charge in [-0.15, -0.1) is 0 Å². The zero-order valence-corrected chi connectivity index (χ0v) is 17.6. The Labute approximate surface area is 180 Å². The van der Waals surface area contributed by atoms with Crippen LogP contribution in [-0.4, -0.2) is 42.6 Å². The monoisotopic (exact) mass is 426 g/mol. The summed E-state index contributed by atoms with van der Waals surface area (Å²) in [4.78, 5) is 4.11. The van der Waals surface area contributed by atoms with Crippen LogP contribution in [0.25, 0.3) is 11.1 Å². The van der Waals surface area contributed by atoms with Crippen LogP contribution in [0.3, 0.4) is 0 Å². The summed E-state index contributed by atoms with van der Waals surface area (Å²) in [6.45, 7) is 4.81. The molecule has 31 heavy (non-hydrogen) atoms. The Morgan fingerprint density at radius 2 is 1.97 bits per heavy atom. The number of aliphatic hydroxyl groups is 1. The van der Waals surface area contributed by atoms with Crippen molar-refractivity contribution in [3.05, 3.63) is 71.7 Å². The summed E-state index contributed by atoms with van der Waals surface area (Å²) in [5.74, 6) is 0.201. The Bertz CT molecular complexity index is 1020. The molecular formula is C23H27FN4O3. The van der Waals surface area contributed by atoms with Gasteiger partial charge in [-0.05, 0) is 17.2 Å². The summed E-state index contributed by atoms with van der Waals surface area (Å²) in [6, 6.07) is 16.4. The fraction of sp³-hybridized carbons (Fsp3) is 0.304. The van der Waals surface area contributed by atoms with E-state index in [1.807, 2.05) is 50.2 Å². The first kappa shape index (κ1) is 22.5. The standard InChI is InChI=1S/C23H27FN4O3/c1-23(2,17-8-9-18(19(24)14-17)16-6-4-3-5-7-16)20-15-21(31-28-20)27-22(25)26-10-12-30-13-11-29/h3-9,14-15,29H,10-13H2,1-2H3,(H3,25,26,27). The third-order valence-corrected chi connectivity index (χ3v) is 4.93. The molecule has 4 N–H and O–H groups in total. The highest BCUT2D eigenvalue weighted by Crippen LogP contribution is 2.34. The fourth-order valence-electron chi connectivity index (χ4n) is 3.10. The Morgan fingerprint density at radius 3 is 2.68 bits per heavy atom. The number of nitrogens with two attached hydrogens (primary N) is 1. The van der Waals surface area contributed by atoms with Crippen molar-refractivity contribution in [3.63, 3.8) is 0 Å². The van der Waals surface area contributed by atoms with E-state index in [1.54, 1.807) is 12.1 Å². The number of hydrogen-bond donors (Lipinski definition) is 3. The molecule has 1 heterocycles. The van der Waals surface area contributed by atoms with E-state index in [0.717, 1.165) is 11.1 Å². The van der Waals surface area contributed by atoms with Crippen LogP contribution in [0.15, 0.2) is 64.1 Å². The lowest BCUT2D eigenvalue weighted by molar-refractivity contribution is 0.0978. The van der Waals surface area contributed by atoms with Gasteiger partial charge in [0.25, 0.3) is 0 Å². The summed E-state index contributed by atoms with van der Waals surface area (Å²) >= 11 is 0. The van der Waals surface area contributed by atoms with Crippen molar-refractivity contribution in [1.29, 1.82) is 0 Å². The predicted molar refractivity (Wildman–Crippen MR) is 118 cm³/mol. The first-order chi connectivity index (χ1) is 14.9. The van der Waals surface area contributed by atoms with E-state index in [-0.39, 0.29) is 25.0 Å². The number of aliphatic imine (C=N–C) groups is 1. The third-order valence-electron chi connectivity index (χ3n) is 4.93. The predicted octanol–water partition coefficient (Wildman–Crippen LogP) is 3.54. The number of halogens is 1. The van der Waals surface area contributed by atoms with Crippen molar-refractivity contribution < 1.29 is 18.8 Å². The first-order valence-corrected chi connectivity index (χ1v) is 10.00. The second-order valence-electron chi connectivity index (χ2n) is 7.49. The van der Waals surface area contributed by atoms with E-state index in [9.17, 15) is 4.39 Å². The molecule has 0 spiro atoms. The van der Waals surface area contributed by atoms with Crippen molar-refractivity contribution in [2.45, 2.75) is 19.3 Å². The lowest BCUT2D eigenvalue weighted by Crippen LogP contribution is -2.23. The van der Waals surface area contributed by atoms with Gasteiger partial charge in [-0.1, -0.05) is 61.5 Å². The van der Waals surface area contributed by atoms with Gasteiger partial charge in [0.2, 0.25) is 5.88 Å². The third kappa shape index (κ3) is 5.68. The molecule has 0 saturated heterocycles. The zero-order chi connectivity index (χ0) is 22.3. The average molecular weight is 426 g/mol. The highest BCUT2D eigenvalue weighted by atomic mass is 19.1. The van der Waals surface area contributed by atoms with E-state index < -0.39 is 5.41 Å². The molecule has 0 aliphatic rings. The van der Waals surface area contributed by atoms with Gasteiger partial charge in [0.05, 0.1) is 32.1 Å². The SMILES string of the molecule is CC(C)(c1ccc(-c2ccccc2)c(F)c1)c1cc(NC(N)=NCCOCCO)on1. The topological polar surface area (TPSA) is 106 Å². The van der Waals surface area contributed by atoms with Crippen LogP contribution in [0.5, 0.6) is 0 Å². The highest BCUT2D eigenvalue weighted by Gasteiger charge is 2.28. The van der Waals surface area contributed by atoms with E-state index in [0.29, 0.717) is 30.3 Å². The Hall–Kier alpha value is -3.23. The van der Waals surface area contributed by atoms with E-state index in [1.165, 1.54) is 6.07 Å². The number of guanidine groups is 1. The largest absolute Gasteiger partial charge is 0.394 e. The Kier molecular flexibility index (Phi) is 7.38. The van der Waals surface area contributed by atoms with Crippen LogP contribution in [-0.2, 0) is 10.2 Å². The molecule has 0 saturated carbocycles. The lowest BCUT2D eigenvalue weighted by Gasteiger charge is -2.23. The average Bonchev–Trinajstić information content (AvgIpc) is 3.23. The maximum Gasteiger partial charge on any atom is 0.231 e. The van der Waals surface area contributed by atoms with Gasteiger partial charge in [-0.25, -0.2) is 4.39 Å². The molecule has 0 fully saturated rings. The number of ether oxygens (including phenoxy) is 1. The van der Waals surface area contributed by atoms with Gasteiger partial charge in [0, 0.05) is 17.0 Å². The van der Waals surface area contributed by atoms with E-state index in [4.69, 9.17) is 20.1 Å². The molecule has 0 aliphatic heterocycles. The molecule has 2 aromatic carbocycles. The van der Waals surface area contributed by atoms with Gasteiger partial charge in [0.1, 0.15) is 5.82 Å². The fourth-order valence-corrected chi connectivity index (χ4v) is 3.10. The number of hydrogen-bond acceptors (Lipinski definition) is 5. The molecule has 0 aliphatic carbocycles. The van der Waals surface area contributed by atoms with E-state index in [2.05, 4.69) is 15.5 Å². The summed E-state index contributed by atoms with van der Waals surface area (Å²) in [5, 5.41) is 15.6. The van der Waals surface area contributed by atoms with Crippen molar-refractivity contribution in [2.24, 2.45) is 10.7 Å². The quantitative estimate of drug-likeness (QED) is 0.275. The molecule has 164 valence electrons. The number of benzene rings is 2. The van der Waals surface area contributed by atoms with Crippen LogP contribution in [0.1, 0.15) is 25.1 Å². The molecule has 8 heteroatoms. The number of nitrogens with zero attached hydrogens (tertiary/aromatic N) is 2. The molecule has 0 bridgehead atoms. The first-order valence-electron chi connectivity index (χ1n) is 10.00. The normalized spacial score (nSPS) is 12.2. The van der Waals surface area contributed by atoms with Crippen molar-refractivity contribution in [1.82, 2.24) is 5.16 Å². The van der Waals surface area contributed by atoms with Crippen LogP contribution in [0, 0.1) is 5.82 Å². The van der Waals surface area contributed by atoms with Crippen LogP contribution < -0.4 is 11.1 Å². The smallest absolute Gasteiger partial charge is 0.231 e. The maximum atomic E-state index is 14.8. The lowest BCUT2D eigenvalue weighted by atomic mass is 9.81. The molecule has 3 rings (SSSR count). The van der Waals surface area contributed by atoms with Gasteiger partial charge < -0.3 is 20.1 Å². The molecule has 0 amide bonds. The molecule has 0 atom stereocenters. The highest BCUT2D eigenvalue weighted by molar-refractivity contribution is 5.91. The number of rotatable bonds is 9. The van der Waals surface area contributed by atoms with E-state index >= 15 is 0 Å². The number of aromatic nitrogens is 1. The van der Waals surface area contributed by atoms with Crippen molar-refractivity contribution in [3.8, 4) is 11.1 Å².